The molecular weight excluding hydrogens is 308 g/mol. The number of ether oxygens (including phenoxy) is 1. The summed E-state index contributed by atoms with van der Waals surface area (Å²) >= 11 is 0. The van der Waals surface area contributed by atoms with Crippen LogP contribution in [0.4, 0.5) is 5.69 Å². The van der Waals surface area contributed by atoms with Gasteiger partial charge in [0.15, 0.2) is 0 Å². The molecule has 0 bridgehead atoms. The molecule has 0 aromatic heterocycles. The molecule has 7 nitrogen and oxygen atoms in total. The fourth-order valence-corrected chi connectivity index (χ4v) is 3.25. The van der Waals surface area contributed by atoms with Gasteiger partial charge in [-0.05, 0) is 12.1 Å². The van der Waals surface area contributed by atoms with Crippen LogP contribution in [-0.2, 0) is 14.3 Å². The fourth-order valence-electron chi connectivity index (χ4n) is 3.25. The van der Waals surface area contributed by atoms with Crippen molar-refractivity contribution in [1.29, 1.82) is 0 Å². The van der Waals surface area contributed by atoms with Gasteiger partial charge in [-0.3, -0.25) is 19.8 Å². The number of methoxy groups -OCH3 is 1. The van der Waals surface area contributed by atoms with Gasteiger partial charge in [0.2, 0.25) is 5.91 Å². The first-order valence-corrected chi connectivity index (χ1v) is 8.32. The second-order valence-electron chi connectivity index (χ2n) is 6.18. The Morgan fingerprint density at radius 2 is 1.92 bits per heavy atom. The predicted molar refractivity (Wildman–Crippen MR) is 90.3 cm³/mol. The molecule has 1 aromatic rings. The average Bonchev–Trinajstić information content (AvgIpc) is 2.62. The number of hydrogen-bond acceptors (Lipinski definition) is 6. The first kappa shape index (κ1) is 16.7. The molecule has 0 aliphatic carbocycles. The van der Waals surface area contributed by atoms with Gasteiger partial charge in [-0.1, -0.05) is 18.2 Å². The highest BCUT2D eigenvalue weighted by Gasteiger charge is 2.32. The molecule has 2 aliphatic heterocycles. The fraction of sp³-hybridized carbons (Fsp3) is 0.529. The summed E-state index contributed by atoms with van der Waals surface area (Å²) in [6.45, 7) is 3.50. The third-order valence-corrected chi connectivity index (χ3v) is 4.56. The number of benzene rings is 1. The Balaban J connectivity index is 1.55. The molecule has 2 saturated heterocycles. The summed E-state index contributed by atoms with van der Waals surface area (Å²) in [5, 5.41) is 6.32. The molecule has 7 heteroatoms. The zero-order valence-corrected chi connectivity index (χ0v) is 13.9. The van der Waals surface area contributed by atoms with Crippen LogP contribution >= 0.6 is 0 Å². The number of nitrogens with one attached hydrogen (secondary N) is 2. The van der Waals surface area contributed by atoms with Gasteiger partial charge in [-0.15, -0.1) is 0 Å². The van der Waals surface area contributed by atoms with E-state index in [0.29, 0.717) is 6.42 Å². The molecule has 0 radical (unpaired) electrons. The number of hydrogen-bond donors (Lipinski definition) is 2. The monoisotopic (exact) mass is 332 g/mol. The molecule has 1 aromatic carbocycles. The maximum Gasteiger partial charge on any atom is 0.307 e. The summed E-state index contributed by atoms with van der Waals surface area (Å²) in [7, 11) is 1.37. The number of nitrogens with zero attached hydrogens (tertiary/aromatic N) is 2. The Kier molecular flexibility index (Phi) is 5.32. The highest BCUT2D eigenvalue weighted by atomic mass is 16.5. The van der Waals surface area contributed by atoms with Crippen molar-refractivity contribution in [3.8, 4) is 0 Å². The molecule has 2 unspecified atom stereocenters. The molecule has 24 heavy (non-hydrogen) atoms. The Morgan fingerprint density at radius 1 is 1.21 bits per heavy atom. The van der Waals surface area contributed by atoms with E-state index >= 15 is 0 Å². The zero-order chi connectivity index (χ0) is 16.9. The van der Waals surface area contributed by atoms with Gasteiger partial charge in [-0.2, -0.15) is 0 Å². The molecule has 2 N–H and O–H groups in total. The van der Waals surface area contributed by atoms with Crippen molar-refractivity contribution in [3.63, 3.8) is 0 Å². The van der Waals surface area contributed by atoms with Crippen LogP contribution in [0.15, 0.2) is 30.3 Å². The van der Waals surface area contributed by atoms with E-state index < -0.39 is 0 Å². The number of carbonyl (C=O) groups is 2. The molecular formula is C17H24N4O3. The van der Waals surface area contributed by atoms with Crippen molar-refractivity contribution in [1.82, 2.24) is 15.5 Å². The standard InChI is InChI=1S/C17H24N4O3/c1-24-16(23)12-13-11-15(22)19-17(18-13)21-9-7-20(8-10-21)14-5-3-2-4-6-14/h2-6,13,17-18H,7-12H2,1H3,(H,19,22). The second-order valence-corrected chi connectivity index (χ2v) is 6.18. The van der Waals surface area contributed by atoms with E-state index in [1.807, 2.05) is 18.2 Å². The van der Waals surface area contributed by atoms with E-state index in [-0.39, 0.29) is 30.6 Å². The molecule has 2 aliphatic rings. The van der Waals surface area contributed by atoms with Gasteiger partial charge in [0.25, 0.3) is 0 Å². The average molecular weight is 332 g/mol. The van der Waals surface area contributed by atoms with Crippen molar-refractivity contribution in [2.45, 2.75) is 25.2 Å². The van der Waals surface area contributed by atoms with Gasteiger partial charge in [0.1, 0.15) is 6.29 Å². The first-order valence-electron chi connectivity index (χ1n) is 8.32. The molecule has 130 valence electrons. The summed E-state index contributed by atoms with van der Waals surface area (Å²) in [5.41, 5.74) is 1.22. The Bertz CT molecular complexity index is 572. The Hall–Kier alpha value is -2.12. The second kappa shape index (κ2) is 7.63. The van der Waals surface area contributed by atoms with Crippen LogP contribution in [-0.4, -0.2) is 62.4 Å². The smallest absolute Gasteiger partial charge is 0.307 e. The highest BCUT2D eigenvalue weighted by Crippen LogP contribution is 2.17. The van der Waals surface area contributed by atoms with Crippen LogP contribution in [0.2, 0.25) is 0 Å². The number of amides is 1. The number of piperazine rings is 1. The normalized spacial score (nSPS) is 25.2. The van der Waals surface area contributed by atoms with Gasteiger partial charge in [-0.25, -0.2) is 0 Å². The molecule has 2 atom stereocenters. The maximum absolute atomic E-state index is 11.9. The quantitative estimate of drug-likeness (QED) is 0.764. The van der Waals surface area contributed by atoms with Crippen LogP contribution in [0.3, 0.4) is 0 Å². The van der Waals surface area contributed by atoms with Crippen molar-refractivity contribution in [3.05, 3.63) is 30.3 Å². The zero-order valence-electron chi connectivity index (χ0n) is 13.9. The molecule has 3 rings (SSSR count). The van der Waals surface area contributed by atoms with Crippen molar-refractivity contribution in [2.75, 3.05) is 38.2 Å². The molecule has 0 saturated carbocycles. The predicted octanol–water partition coefficient (Wildman–Crippen LogP) is 0.133. The minimum absolute atomic E-state index is 0.0295. The lowest BCUT2D eigenvalue weighted by Crippen LogP contribution is -2.66. The lowest BCUT2D eigenvalue weighted by atomic mass is 10.1. The Labute approximate surface area is 141 Å². The molecule has 0 spiro atoms. The van der Waals surface area contributed by atoms with Gasteiger partial charge < -0.3 is 15.0 Å². The van der Waals surface area contributed by atoms with E-state index in [1.165, 1.54) is 12.8 Å². The summed E-state index contributed by atoms with van der Waals surface area (Å²) in [6, 6.07) is 10.2. The van der Waals surface area contributed by atoms with E-state index in [4.69, 9.17) is 4.74 Å². The summed E-state index contributed by atoms with van der Waals surface area (Å²) in [6.07, 6.45) is 0.291. The minimum Gasteiger partial charge on any atom is -0.469 e. The van der Waals surface area contributed by atoms with Gasteiger partial charge in [0.05, 0.1) is 13.5 Å². The number of carbonyl (C=O) groups excluding carboxylic acids is 2. The summed E-state index contributed by atoms with van der Waals surface area (Å²) in [5.74, 6) is -0.326. The number of rotatable bonds is 4. The first-order chi connectivity index (χ1) is 11.7. The number of anilines is 1. The third kappa shape index (κ3) is 4.04. The lowest BCUT2D eigenvalue weighted by molar-refractivity contribution is -0.142. The molecule has 1 amide bonds. The van der Waals surface area contributed by atoms with Gasteiger partial charge in [0, 0.05) is 44.3 Å². The Morgan fingerprint density at radius 3 is 2.58 bits per heavy atom. The molecule has 2 fully saturated rings. The van der Waals surface area contributed by atoms with Crippen LogP contribution in [0.1, 0.15) is 12.8 Å². The van der Waals surface area contributed by atoms with Crippen LogP contribution in [0, 0.1) is 0 Å². The third-order valence-electron chi connectivity index (χ3n) is 4.56. The largest absolute Gasteiger partial charge is 0.469 e. The minimum atomic E-state index is -0.296. The van der Waals surface area contributed by atoms with Crippen LogP contribution < -0.4 is 15.5 Å². The van der Waals surface area contributed by atoms with Crippen molar-refractivity contribution >= 4 is 17.6 Å². The van der Waals surface area contributed by atoms with E-state index in [0.717, 1.165) is 26.2 Å². The number of para-hydroxylation sites is 1. The molecule has 2 heterocycles. The van der Waals surface area contributed by atoms with Crippen molar-refractivity contribution in [2.24, 2.45) is 0 Å². The SMILES string of the molecule is COC(=O)CC1CC(=O)NC(N2CCN(c3ccccc3)CC2)N1. The van der Waals surface area contributed by atoms with Crippen LogP contribution in [0.25, 0.3) is 0 Å². The summed E-state index contributed by atoms with van der Waals surface area (Å²) < 4.78 is 4.70. The lowest BCUT2D eigenvalue weighted by Gasteiger charge is -2.43. The topological polar surface area (TPSA) is 73.9 Å². The van der Waals surface area contributed by atoms with Crippen molar-refractivity contribution < 1.29 is 14.3 Å². The highest BCUT2D eigenvalue weighted by molar-refractivity contribution is 5.79. The van der Waals surface area contributed by atoms with Crippen LogP contribution in [0.5, 0.6) is 0 Å². The van der Waals surface area contributed by atoms with E-state index in [1.54, 1.807) is 0 Å². The maximum atomic E-state index is 11.9. The van der Waals surface area contributed by atoms with E-state index in [9.17, 15) is 9.59 Å². The van der Waals surface area contributed by atoms with Gasteiger partial charge >= 0.3 is 5.97 Å². The number of esters is 1. The van der Waals surface area contributed by atoms with E-state index in [2.05, 4.69) is 32.6 Å². The summed E-state index contributed by atoms with van der Waals surface area (Å²) in [4.78, 5) is 27.9.